The summed E-state index contributed by atoms with van der Waals surface area (Å²) < 4.78 is 0. The SMILES string of the molecule is CCCCCCCCCCCCN1C#CC(=O)CCC1. The van der Waals surface area contributed by atoms with Crippen LogP contribution in [0.25, 0.3) is 0 Å². The average molecular weight is 277 g/mol. The third-order valence-corrected chi connectivity index (χ3v) is 3.97. The van der Waals surface area contributed by atoms with Crippen molar-refractivity contribution in [3.63, 3.8) is 0 Å². The third kappa shape index (κ3) is 9.02. The van der Waals surface area contributed by atoms with Gasteiger partial charge in [-0.3, -0.25) is 4.79 Å². The lowest BCUT2D eigenvalue weighted by molar-refractivity contribution is -0.113. The lowest BCUT2D eigenvalue weighted by Gasteiger charge is -2.15. The largest absolute Gasteiger partial charge is 0.332 e. The Hall–Kier alpha value is -0.970. The molecule has 0 fully saturated rings. The average Bonchev–Trinajstić information content (AvgIpc) is 2.66. The van der Waals surface area contributed by atoms with Crippen molar-refractivity contribution in [3.8, 4) is 12.0 Å². The molecular weight excluding hydrogens is 246 g/mol. The smallest absolute Gasteiger partial charge is 0.207 e. The maximum atomic E-state index is 11.2. The molecular formula is C18H31NO. The van der Waals surface area contributed by atoms with Crippen molar-refractivity contribution < 1.29 is 4.79 Å². The molecule has 114 valence electrons. The molecule has 2 heteroatoms. The number of Topliss-reactive ketones (excluding diaryl/α,β-unsaturated/α-hetero) is 1. The van der Waals surface area contributed by atoms with Crippen molar-refractivity contribution >= 4 is 5.78 Å². The van der Waals surface area contributed by atoms with Crippen LogP contribution in [0.3, 0.4) is 0 Å². The summed E-state index contributed by atoms with van der Waals surface area (Å²) in [7, 11) is 0. The molecule has 0 N–H and O–H groups in total. The number of unbranched alkanes of at least 4 members (excludes halogenated alkanes) is 9. The van der Waals surface area contributed by atoms with Gasteiger partial charge in [-0.1, -0.05) is 64.7 Å². The van der Waals surface area contributed by atoms with Crippen molar-refractivity contribution in [2.45, 2.75) is 84.0 Å². The van der Waals surface area contributed by atoms with E-state index in [1.165, 1.54) is 64.2 Å². The van der Waals surface area contributed by atoms with Crippen LogP contribution >= 0.6 is 0 Å². The zero-order chi connectivity index (χ0) is 14.5. The zero-order valence-electron chi connectivity index (χ0n) is 13.3. The molecule has 2 nitrogen and oxygen atoms in total. The van der Waals surface area contributed by atoms with E-state index in [0.29, 0.717) is 6.42 Å². The number of carbonyl (C=O) groups excluding carboxylic acids is 1. The second-order valence-corrected chi connectivity index (χ2v) is 5.93. The van der Waals surface area contributed by atoms with Gasteiger partial charge < -0.3 is 4.90 Å². The Bertz CT molecular complexity index is 313. The molecule has 0 spiro atoms. The predicted molar refractivity (Wildman–Crippen MR) is 85.4 cm³/mol. The standard InChI is InChI=1S/C18H31NO/c1-2-3-4-5-6-7-8-9-10-11-15-19-16-12-13-18(20)14-17-19/h2-13,15-16H2,1H3. The number of hydrogen-bond acceptors (Lipinski definition) is 2. The van der Waals surface area contributed by atoms with Gasteiger partial charge in [0.15, 0.2) is 0 Å². The van der Waals surface area contributed by atoms with Gasteiger partial charge in [0.1, 0.15) is 0 Å². The first-order valence-electron chi connectivity index (χ1n) is 8.62. The molecule has 0 saturated heterocycles. The zero-order valence-corrected chi connectivity index (χ0v) is 13.3. The number of ketones is 1. The van der Waals surface area contributed by atoms with E-state index in [4.69, 9.17) is 0 Å². The van der Waals surface area contributed by atoms with Crippen LogP contribution in [0.1, 0.15) is 84.0 Å². The van der Waals surface area contributed by atoms with Crippen LogP contribution in [-0.2, 0) is 4.79 Å². The quantitative estimate of drug-likeness (QED) is 0.408. The number of carbonyl (C=O) groups is 1. The van der Waals surface area contributed by atoms with E-state index < -0.39 is 0 Å². The van der Waals surface area contributed by atoms with Crippen LogP contribution in [-0.4, -0.2) is 23.8 Å². The summed E-state index contributed by atoms with van der Waals surface area (Å²) in [4.78, 5) is 13.3. The minimum Gasteiger partial charge on any atom is -0.332 e. The molecule has 1 heterocycles. The highest BCUT2D eigenvalue weighted by atomic mass is 16.1. The summed E-state index contributed by atoms with van der Waals surface area (Å²) in [5.41, 5.74) is 0. The maximum Gasteiger partial charge on any atom is 0.207 e. The summed E-state index contributed by atoms with van der Waals surface area (Å²) in [6.07, 6.45) is 15.3. The first-order chi connectivity index (χ1) is 9.83. The minimum atomic E-state index is 0.107. The highest BCUT2D eigenvalue weighted by Gasteiger charge is 2.06. The fourth-order valence-corrected chi connectivity index (χ4v) is 2.65. The molecule has 1 rings (SSSR count). The molecule has 0 aromatic heterocycles. The van der Waals surface area contributed by atoms with Crippen molar-refractivity contribution in [2.75, 3.05) is 13.1 Å². The van der Waals surface area contributed by atoms with Gasteiger partial charge in [-0.05, 0) is 18.8 Å². The van der Waals surface area contributed by atoms with Crippen molar-refractivity contribution in [1.29, 1.82) is 0 Å². The van der Waals surface area contributed by atoms with Gasteiger partial charge in [-0.15, -0.1) is 0 Å². The van der Waals surface area contributed by atoms with Gasteiger partial charge >= 0.3 is 0 Å². The Morgan fingerprint density at radius 1 is 0.950 bits per heavy atom. The lowest BCUT2D eigenvalue weighted by atomic mass is 10.1. The topological polar surface area (TPSA) is 20.3 Å². The second kappa shape index (κ2) is 11.8. The summed E-state index contributed by atoms with van der Waals surface area (Å²) in [5.74, 6) is 2.82. The van der Waals surface area contributed by atoms with Gasteiger partial charge in [0.25, 0.3) is 0 Å². The summed E-state index contributed by atoms with van der Waals surface area (Å²) in [5, 5.41) is 0. The van der Waals surface area contributed by atoms with Gasteiger partial charge in [-0.2, -0.15) is 0 Å². The van der Waals surface area contributed by atoms with Gasteiger partial charge in [0.2, 0.25) is 5.78 Å². The molecule has 0 aromatic rings. The van der Waals surface area contributed by atoms with Crippen LogP contribution in [0, 0.1) is 12.0 Å². The Morgan fingerprint density at radius 3 is 2.20 bits per heavy atom. The molecule has 0 aromatic carbocycles. The van der Waals surface area contributed by atoms with Crippen LogP contribution < -0.4 is 0 Å². The predicted octanol–water partition coefficient (Wildman–Crippen LogP) is 4.53. The molecule has 0 bridgehead atoms. The molecule has 0 aliphatic carbocycles. The van der Waals surface area contributed by atoms with Crippen LogP contribution in [0.4, 0.5) is 0 Å². The van der Waals surface area contributed by atoms with E-state index in [1.807, 2.05) is 0 Å². The highest BCUT2D eigenvalue weighted by molar-refractivity contribution is 5.95. The number of rotatable bonds is 11. The Kier molecular flexibility index (Phi) is 10.1. The fraction of sp³-hybridized carbons (Fsp3) is 0.833. The highest BCUT2D eigenvalue weighted by Crippen LogP contribution is 2.11. The van der Waals surface area contributed by atoms with E-state index in [0.717, 1.165) is 19.5 Å². The second-order valence-electron chi connectivity index (χ2n) is 5.93. The van der Waals surface area contributed by atoms with E-state index in [2.05, 4.69) is 23.8 Å². The van der Waals surface area contributed by atoms with Crippen LogP contribution in [0.15, 0.2) is 0 Å². The molecule has 20 heavy (non-hydrogen) atoms. The Labute approximate surface area is 125 Å². The maximum absolute atomic E-state index is 11.2. The van der Waals surface area contributed by atoms with Crippen molar-refractivity contribution in [1.82, 2.24) is 4.90 Å². The van der Waals surface area contributed by atoms with E-state index in [1.54, 1.807) is 0 Å². The normalized spacial score (nSPS) is 14.8. The lowest BCUT2D eigenvalue weighted by Crippen LogP contribution is -2.19. The molecule has 1 aliphatic heterocycles. The van der Waals surface area contributed by atoms with Gasteiger partial charge in [0.05, 0.1) is 0 Å². The first kappa shape index (κ1) is 17.1. The summed E-state index contributed by atoms with van der Waals surface area (Å²) >= 11 is 0. The van der Waals surface area contributed by atoms with E-state index in [-0.39, 0.29) is 5.78 Å². The molecule has 0 radical (unpaired) electrons. The van der Waals surface area contributed by atoms with Crippen molar-refractivity contribution in [2.24, 2.45) is 0 Å². The van der Waals surface area contributed by atoms with Crippen LogP contribution in [0.2, 0.25) is 0 Å². The summed E-state index contributed by atoms with van der Waals surface area (Å²) in [6, 6.07) is 3.00. The number of nitrogens with zero attached hydrogens (tertiary/aromatic N) is 1. The Morgan fingerprint density at radius 2 is 1.55 bits per heavy atom. The summed E-state index contributed by atoms with van der Waals surface area (Å²) in [6.45, 7) is 4.28. The Balaban J connectivity index is 1.88. The fourth-order valence-electron chi connectivity index (χ4n) is 2.65. The monoisotopic (exact) mass is 277 g/mol. The van der Waals surface area contributed by atoms with Crippen molar-refractivity contribution in [3.05, 3.63) is 0 Å². The number of hydrogen-bond donors (Lipinski definition) is 0. The molecule has 0 atom stereocenters. The van der Waals surface area contributed by atoms with Gasteiger partial charge in [-0.25, -0.2) is 0 Å². The van der Waals surface area contributed by atoms with Gasteiger partial charge in [0, 0.05) is 25.6 Å². The molecule has 0 unspecified atom stereocenters. The minimum absolute atomic E-state index is 0.107. The molecule has 1 aliphatic rings. The molecule has 0 amide bonds. The van der Waals surface area contributed by atoms with E-state index in [9.17, 15) is 4.79 Å². The van der Waals surface area contributed by atoms with Crippen LogP contribution in [0.5, 0.6) is 0 Å². The third-order valence-electron chi connectivity index (χ3n) is 3.97. The first-order valence-corrected chi connectivity index (χ1v) is 8.62. The van der Waals surface area contributed by atoms with E-state index >= 15 is 0 Å². The molecule has 0 saturated carbocycles.